The van der Waals surface area contributed by atoms with E-state index in [1.165, 1.54) is 11.5 Å². The number of aryl methyl sites for hydroxylation is 1. The van der Waals surface area contributed by atoms with Gasteiger partial charge in [-0.2, -0.15) is 4.37 Å². The van der Waals surface area contributed by atoms with Crippen molar-refractivity contribution in [2.75, 3.05) is 25.5 Å². The summed E-state index contributed by atoms with van der Waals surface area (Å²) in [5, 5.41) is 4.48. The number of nitrogens with one attached hydrogen (secondary N) is 1. The molecule has 2 atom stereocenters. The summed E-state index contributed by atoms with van der Waals surface area (Å²) >= 11 is 1.41. The van der Waals surface area contributed by atoms with Crippen LogP contribution in [0.5, 0.6) is 0 Å². The van der Waals surface area contributed by atoms with Gasteiger partial charge in [0.1, 0.15) is 5.00 Å². The highest BCUT2D eigenvalue weighted by Crippen LogP contribution is 2.28. The van der Waals surface area contributed by atoms with Gasteiger partial charge in [-0.25, -0.2) is 0 Å². The SMILES string of the molecule is CC(=O)c1c(C)nsc1NC1CCN(C)CC1C. The molecule has 1 aromatic heterocycles. The Hall–Kier alpha value is -0.940. The fraction of sp³-hybridized carbons (Fsp3) is 0.692. The summed E-state index contributed by atoms with van der Waals surface area (Å²) in [5.74, 6) is 0.690. The normalized spacial score (nSPS) is 25.1. The second kappa shape index (κ2) is 5.36. The number of nitrogens with zero attached hydrogens (tertiary/aromatic N) is 2. The molecule has 0 spiro atoms. The third kappa shape index (κ3) is 2.72. The number of anilines is 1. The maximum absolute atomic E-state index is 11.6. The van der Waals surface area contributed by atoms with Gasteiger partial charge in [-0.15, -0.1) is 0 Å². The number of likely N-dealkylation sites (tertiary alicyclic amines) is 1. The van der Waals surface area contributed by atoms with Crippen LogP contribution in [0.15, 0.2) is 0 Å². The molecular formula is C13H21N3OS. The third-order valence-electron chi connectivity index (χ3n) is 3.64. The predicted molar refractivity (Wildman–Crippen MR) is 75.5 cm³/mol. The minimum Gasteiger partial charge on any atom is -0.372 e. The summed E-state index contributed by atoms with van der Waals surface area (Å²) in [5.41, 5.74) is 1.61. The number of ketones is 1. The Labute approximate surface area is 113 Å². The number of hydrogen-bond acceptors (Lipinski definition) is 5. The quantitative estimate of drug-likeness (QED) is 0.854. The smallest absolute Gasteiger partial charge is 0.164 e. The van der Waals surface area contributed by atoms with E-state index in [0.717, 1.165) is 35.8 Å². The second-order valence-corrected chi connectivity index (χ2v) is 6.08. The lowest BCUT2D eigenvalue weighted by molar-refractivity contribution is 0.101. The van der Waals surface area contributed by atoms with Gasteiger partial charge in [0.15, 0.2) is 5.78 Å². The molecule has 2 heterocycles. The molecule has 1 aliphatic rings. The van der Waals surface area contributed by atoms with Gasteiger partial charge >= 0.3 is 0 Å². The number of carbonyl (C=O) groups is 1. The van der Waals surface area contributed by atoms with E-state index in [2.05, 4.69) is 28.6 Å². The summed E-state index contributed by atoms with van der Waals surface area (Å²) in [6.07, 6.45) is 1.12. The van der Waals surface area contributed by atoms with Crippen LogP contribution in [0.1, 0.15) is 36.3 Å². The van der Waals surface area contributed by atoms with E-state index in [1.807, 2.05) is 6.92 Å². The van der Waals surface area contributed by atoms with E-state index in [-0.39, 0.29) is 5.78 Å². The van der Waals surface area contributed by atoms with E-state index in [1.54, 1.807) is 6.92 Å². The lowest BCUT2D eigenvalue weighted by Gasteiger charge is -2.35. The Balaban J connectivity index is 2.12. The van der Waals surface area contributed by atoms with E-state index in [0.29, 0.717) is 12.0 Å². The van der Waals surface area contributed by atoms with Crippen molar-refractivity contribution in [3.05, 3.63) is 11.3 Å². The van der Waals surface area contributed by atoms with Gasteiger partial charge in [-0.05, 0) is 51.3 Å². The maximum atomic E-state index is 11.6. The van der Waals surface area contributed by atoms with Gasteiger partial charge in [-0.1, -0.05) is 6.92 Å². The van der Waals surface area contributed by atoms with Gasteiger partial charge in [0.2, 0.25) is 0 Å². The van der Waals surface area contributed by atoms with E-state index < -0.39 is 0 Å². The van der Waals surface area contributed by atoms with Crippen LogP contribution < -0.4 is 5.32 Å². The van der Waals surface area contributed by atoms with Crippen LogP contribution in [0.25, 0.3) is 0 Å². The standard InChI is InChI=1S/C13H21N3OS/c1-8-7-16(4)6-5-11(8)14-13-12(10(3)17)9(2)15-18-13/h8,11,14H,5-7H2,1-4H3. The van der Waals surface area contributed by atoms with Gasteiger partial charge in [0.25, 0.3) is 0 Å². The summed E-state index contributed by atoms with van der Waals surface area (Å²) < 4.78 is 4.29. The zero-order chi connectivity index (χ0) is 13.3. The van der Waals surface area contributed by atoms with Gasteiger partial charge in [0.05, 0.1) is 11.3 Å². The van der Waals surface area contributed by atoms with Crippen LogP contribution in [-0.2, 0) is 0 Å². The summed E-state index contributed by atoms with van der Waals surface area (Å²) in [6, 6.07) is 0.444. The predicted octanol–water partition coefficient (Wildman–Crippen LogP) is 2.41. The highest BCUT2D eigenvalue weighted by atomic mass is 32.1. The molecule has 1 N–H and O–H groups in total. The molecule has 0 radical (unpaired) electrons. The number of rotatable bonds is 3. The zero-order valence-corrected chi connectivity index (χ0v) is 12.3. The Morgan fingerprint density at radius 2 is 2.28 bits per heavy atom. The fourth-order valence-electron chi connectivity index (χ4n) is 2.62. The van der Waals surface area contributed by atoms with Crippen molar-refractivity contribution in [3.8, 4) is 0 Å². The van der Waals surface area contributed by atoms with Crippen molar-refractivity contribution >= 4 is 22.3 Å². The van der Waals surface area contributed by atoms with Gasteiger partial charge in [-0.3, -0.25) is 4.79 Å². The fourth-order valence-corrected chi connectivity index (χ4v) is 3.53. The Kier molecular flexibility index (Phi) is 4.02. The molecule has 1 aliphatic heterocycles. The van der Waals surface area contributed by atoms with Gasteiger partial charge in [0, 0.05) is 12.6 Å². The highest BCUT2D eigenvalue weighted by Gasteiger charge is 2.26. The van der Waals surface area contributed by atoms with E-state index in [9.17, 15) is 4.79 Å². The van der Waals surface area contributed by atoms with Crippen LogP contribution in [0.4, 0.5) is 5.00 Å². The molecule has 0 saturated carbocycles. The topological polar surface area (TPSA) is 45.2 Å². The molecule has 100 valence electrons. The number of carbonyl (C=O) groups excluding carboxylic acids is 1. The molecular weight excluding hydrogens is 246 g/mol. The van der Waals surface area contributed by atoms with E-state index in [4.69, 9.17) is 0 Å². The molecule has 18 heavy (non-hydrogen) atoms. The first-order valence-corrected chi connectivity index (χ1v) is 7.18. The van der Waals surface area contributed by atoms with Crippen molar-refractivity contribution in [3.63, 3.8) is 0 Å². The first-order valence-electron chi connectivity index (χ1n) is 6.41. The zero-order valence-electron chi connectivity index (χ0n) is 11.5. The van der Waals surface area contributed by atoms with Crippen LogP contribution in [0, 0.1) is 12.8 Å². The molecule has 5 heteroatoms. The molecule has 0 aliphatic carbocycles. The van der Waals surface area contributed by atoms with E-state index >= 15 is 0 Å². The Morgan fingerprint density at radius 1 is 1.56 bits per heavy atom. The molecule has 2 rings (SSSR count). The first kappa shape index (κ1) is 13.5. The van der Waals surface area contributed by atoms with Crippen LogP contribution in [0.2, 0.25) is 0 Å². The minimum absolute atomic E-state index is 0.101. The molecule has 0 bridgehead atoms. The molecule has 0 aromatic carbocycles. The molecule has 1 saturated heterocycles. The summed E-state index contributed by atoms with van der Waals surface area (Å²) in [7, 11) is 2.16. The highest BCUT2D eigenvalue weighted by molar-refractivity contribution is 7.10. The number of hydrogen-bond donors (Lipinski definition) is 1. The van der Waals surface area contributed by atoms with Crippen molar-refractivity contribution in [2.24, 2.45) is 5.92 Å². The van der Waals surface area contributed by atoms with Gasteiger partial charge < -0.3 is 10.2 Å². The number of aromatic nitrogens is 1. The molecule has 4 nitrogen and oxygen atoms in total. The van der Waals surface area contributed by atoms with Crippen molar-refractivity contribution in [1.82, 2.24) is 9.27 Å². The van der Waals surface area contributed by atoms with Crippen molar-refractivity contribution in [2.45, 2.75) is 33.2 Å². The third-order valence-corrected chi connectivity index (χ3v) is 4.51. The Morgan fingerprint density at radius 3 is 2.89 bits per heavy atom. The first-order chi connectivity index (χ1) is 8.49. The lowest BCUT2D eigenvalue weighted by atomic mass is 9.94. The van der Waals surface area contributed by atoms with Crippen LogP contribution in [-0.4, -0.2) is 41.2 Å². The average molecular weight is 267 g/mol. The molecule has 0 amide bonds. The number of Topliss-reactive ketones (excluding diaryl/α,β-unsaturated/α-hetero) is 1. The average Bonchev–Trinajstić information content (AvgIpc) is 2.64. The van der Waals surface area contributed by atoms with Crippen LogP contribution in [0.3, 0.4) is 0 Å². The van der Waals surface area contributed by atoms with Crippen molar-refractivity contribution in [1.29, 1.82) is 0 Å². The van der Waals surface area contributed by atoms with Crippen molar-refractivity contribution < 1.29 is 4.79 Å². The summed E-state index contributed by atoms with van der Waals surface area (Å²) in [6.45, 7) is 7.98. The largest absolute Gasteiger partial charge is 0.372 e. The second-order valence-electron chi connectivity index (χ2n) is 5.31. The summed E-state index contributed by atoms with van der Waals surface area (Å²) in [4.78, 5) is 14.0. The lowest BCUT2D eigenvalue weighted by Crippen LogP contribution is -2.43. The number of piperidine rings is 1. The monoisotopic (exact) mass is 267 g/mol. The van der Waals surface area contributed by atoms with Crippen LogP contribution >= 0.6 is 11.5 Å². The maximum Gasteiger partial charge on any atom is 0.164 e. The Bertz CT molecular complexity index is 443. The molecule has 1 fully saturated rings. The molecule has 1 aromatic rings. The minimum atomic E-state index is 0.101. The molecule has 2 unspecified atom stereocenters.